The lowest BCUT2D eigenvalue weighted by Gasteiger charge is -2.18. The predicted octanol–water partition coefficient (Wildman–Crippen LogP) is 5.46. The number of rotatable bonds is 2. The first-order valence-electron chi connectivity index (χ1n) is 9.92. The van der Waals surface area contributed by atoms with Gasteiger partial charge in [-0.2, -0.15) is 5.26 Å². The molecule has 5 aromatic rings. The zero-order valence-corrected chi connectivity index (χ0v) is 17.5. The maximum atomic E-state index is 9.47. The fraction of sp³-hybridized carbons (Fsp3) is 0.280. The van der Waals surface area contributed by atoms with Crippen LogP contribution < -0.4 is 4.57 Å². The summed E-state index contributed by atoms with van der Waals surface area (Å²) in [7, 11) is 4.16. The molecule has 3 aromatic heterocycles. The van der Waals surface area contributed by atoms with Crippen LogP contribution in [0.15, 0.2) is 47.1 Å². The Labute approximate surface area is 169 Å². The average Bonchev–Trinajstić information content (AvgIpc) is 3.04. The van der Waals surface area contributed by atoms with Gasteiger partial charge in [0.05, 0.1) is 28.5 Å². The smallest absolute Gasteiger partial charge is 0.216 e. The summed E-state index contributed by atoms with van der Waals surface area (Å²) in [6, 6.07) is 13.2. The highest BCUT2D eigenvalue weighted by molar-refractivity contribution is 6.19. The van der Waals surface area contributed by atoms with E-state index in [-0.39, 0.29) is 0 Å². The molecule has 5 rings (SSSR count). The molecular weight excluding hydrogens is 358 g/mol. The van der Waals surface area contributed by atoms with Crippen molar-refractivity contribution in [3.05, 3.63) is 53.9 Å². The van der Waals surface area contributed by atoms with Crippen molar-refractivity contribution in [2.75, 3.05) is 0 Å². The van der Waals surface area contributed by atoms with Gasteiger partial charge in [0.25, 0.3) is 0 Å². The second-order valence-electron chi connectivity index (χ2n) is 8.84. The normalized spacial score (nSPS) is 12.4. The quantitative estimate of drug-likeness (QED) is 0.231. The zero-order valence-electron chi connectivity index (χ0n) is 17.5. The Bertz CT molecular complexity index is 1490. The monoisotopic (exact) mass is 382 g/mol. The molecule has 2 aromatic carbocycles. The number of nitriles is 1. The van der Waals surface area contributed by atoms with E-state index in [9.17, 15) is 5.26 Å². The highest BCUT2D eigenvalue weighted by Gasteiger charge is 2.22. The van der Waals surface area contributed by atoms with Crippen molar-refractivity contribution < 1.29 is 8.98 Å². The number of aromatic nitrogens is 2. The van der Waals surface area contributed by atoms with Crippen molar-refractivity contribution in [1.82, 2.24) is 4.57 Å². The molecule has 0 fully saturated rings. The van der Waals surface area contributed by atoms with Crippen LogP contribution in [0.5, 0.6) is 0 Å². The van der Waals surface area contributed by atoms with E-state index in [1.54, 1.807) is 0 Å². The molecule has 0 radical (unpaired) electrons. The number of hydrogen-bond donors (Lipinski definition) is 0. The van der Waals surface area contributed by atoms with Gasteiger partial charge in [-0.15, -0.1) is 0 Å². The van der Waals surface area contributed by atoms with E-state index in [1.807, 2.05) is 13.8 Å². The van der Waals surface area contributed by atoms with Crippen LogP contribution in [0.1, 0.15) is 25.0 Å². The molecule has 0 amide bonds. The van der Waals surface area contributed by atoms with Gasteiger partial charge in [0.1, 0.15) is 18.2 Å². The third kappa shape index (κ3) is 2.54. The molecule has 4 heteroatoms. The van der Waals surface area contributed by atoms with Crippen LogP contribution in [-0.4, -0.2) is 4.57 Å². The molecule has 144 valence electrons. The van der Waals surface area contributed by atoms with E-state index in [0.717, 1.165) is 32.9 Å². The lowest BCUT2D eigenvalue weighted by molar-refractivity contribution is -0.642. The Kier molecular flexibility index (Phi) is 3.58. The van der Waals surface area contributed by atoms with Crippen molar-refractivity contribution >= 4 is 43.7 Å². The Hall–Kier alpha value is -3.32. The minimum Gasteiger partial charge on any atom is -0.456 e. The van der Waals surface area contributed by atoms with E-state index in [0.29, 0.717) is 6.42 Å². The van der Waals surface area contributed by atoms with E-state index < -0.39 is 5.41 Å². The maximum absolute atomic E-state index is 9.47. The van der Waals surface area contributed by atoms with E-state index in [1.165, 1.54) is 22.0 Å². The zero-order chi connectivity index (χ0) is 20.5. The highest BCUT2D eigenvalue weighted by Crippen LogP contribution is 2.38. The fourth-order valence-electron chi connectivity index (χ4n) is 4.61. The van der Waals surface area contributed by atoms with Crippen LogP contribution in [0.25, 0.3) is 43.7 Å². The molecule has 0 saturated carbocycles. The summed E-state index contributed by atoms with van der Waals surface area (Å²) in [6.45, 7) is 6.13. The maximum Gasteiger partial charge on any atom is 0.216 e. The van der Waals surface area contributed by atoms with Gasteiger partial charge in [0, 0.05) is 30.1 Å². The summed E-state index contributed by atoms with van der Waals surface area (Å²) in [6.07, 6.45) is 4.90. The fourth-order valence-corrected chi connectivity index (χ4v) is 4.61. The lowest BCUT2D eigenvalue weighted by atomic mass is 9.86. The average molecular weight is 382 g/mol. The van der Waals surface area contributed by atoms with E-state index >= 15 is 0 Å². The summed E-state index contributed by atoms with van der Waals surface area (Å²) < 4.78 is 10.8. The van der Waals surface area contributed by atoms with E-state index in [4.69, 9.17) is 4.42 Å². The molecule has 0 aliphatic heterocycles. The van der Waals surface area contributed by atoms with Crippen molar-refractivity contribution in [3.63, 3.8) is 0 Å². The molecule has 0 N–H and O–H groups in total. The largest absolute Gasteiger partial charge is 0.456 e. The first-order valence-corrected chi connectivity index (χ1v) is 9.92. The standard InChI is InChI=1S/C25H24N3O/c1-15-18-7-9-27(4)19(18)12-21-22(15)24-23-17(6-8-28(24)5)10-16(11-20(23)29-21)13-25(2,3)14-26/h6-12H,13H2,1-5H3/q+1. The molecule has 0 aliphatic carbocycles. The van der Waals surface area contributed by atoms with Crippen LogP contribution in [0.4, 0.5) is 0 Å². The molecular formula is C25H24N3O+. The molecule has 0 atom stereocenters. The van der Waals surface area contributed by atoms with Crippen LogP contribution in [0.2, 0.25) is 0 Å². The van der Waals surface area contributed by atoms with Crippen LogP contribution >= 0.6 is 0 Å². The molecule has 0 bridgehead atoms. The number of benzene rings is 2. The van der Waals surface area contributed by atoms with Crippen molar-refractivity contribution in [2.24, 2.45) is 19.5 Å². The third-order valence-electron chi connectivity index (χ3n) is 6.08. The minimum absolute atomic E-state index is 0.416. The van der Waals surface area contributed by atoms with Gasteiger partial charge < -0.3 is 8.98 Å². The molecule has 0 spiro atoms. The first-order chi connectivity index (χ1) is 13.8. The Morgan fingerprint density at radius 3 is 2.66 bits per heavy atom. The Morgan fingerprint density at radius 2 is 1.90 bits per heavy atom. The summed E-state index contributed by atoms with van der Waals surface area (Å²) in [5, 5.41) is 14.2. The molecule has 0 aliphatic rings. The molecule has 0 saturated heterocycles. The summed E-state index contributed by atoms with van der Waals surface area (Å²) >= 11 is 0. The van der Waals surface area contributed by atoms with Gasteiger partial charge in [-0.1, -0.05) is 6.07 Å². The van der Waals surface area contributed by atoms with Gasteiger partial charge in [-0.3, -0.25) is 0 Å². The molecule has 3 heterocycles. The number of nitrogens with zero attached hydrogens (tertiary/aromatic N) is 3. The molecule has 0 unspecified atom stereocenters. The second-order valence-corrected chi connectivity index (χ2v) is 8.84. The van der Waals surface area contributed by atoms with Crippen LogP contribution in [0.3, 0.4) is 0 Å². The SMILES string of the molecule is Cc1c2cc[n+](C)c2cc2oc3cc(CC(C)(C)C#N)cc4ccn(C)c(c12)c43. The summed E-state index contributed by atoms with van der Waals surface area (Å²) in [5.41, 5.74) is 6.07. The number of hydrogen-bond acceptors (Lipinski definition) is 2. The molecule has 4 nitrogen and oxygen atoms in total. The van der Waals surface area contributed by atoms with Crippen molar-refractivity contribution in [1.29, 1.82) is 5.26 Å². The van der Waals surface area contributed by atoms with Crippen LogP contribution in [-0.2, 0) is 20.5 Å². The number of fused-ring (bicyclic) bond motifs is 3. The summed E-state index contributed by atoms with van der Waals surface area (Å²) in [4.78, 5) is 0. The third-order valence-corrected chi connectivity index (χ3v) is 6.08. The second kappa shape index (κ2) is 5.84. The Balaban J connectivity index is 1.95. The van der Waals surface area contributed by atoms with Crippen LogP contribution in [0, 0.1) is 23.7 Å². The van der Waals surface area contributed by atoms with Gasteiger partial charge in [-0.25, -0.2) is 4.57 Å². The lowest BCUT2D eigenvalue weighted by Crippen LogP contribution is -2.24. The first kappa shape index (κ1) is 17.8. The minimum atomic E-state index is -0.416. The molecule has 29 heavy (non-hydrogen) atoms. The van der Waals surface area contributed by atoms with Gasteiger partial charge in [-0.05, 0) is 55.8 Å². The van der Waals surface area contributed by atoms with Gasteiger partial charge >= 0.3 is 0 Å². The van der Waals surface area contributed by atoms with Gasteiger partial charge in [0.15, 0.2) is 6.20 Å². The Morgan fingerprint density at radius 1 is 1.14 bits per heavy atom. The summed E-state index contributed by atoms with van der Waals surface area (Å²) in [5.74, 6) is 0. The predicted molar refractivity (Wildman–Crippen MR) is 117 cm³/mol. The topological polar surface area (TPSA) is 45.7 Å². The number of pyridine rings is 1. The highest BCUT2D eigenvalue weighted by atomic mass is 16.3. The van der Waals surface area contributed by atoms with E-state index in [2.05, 4.69) is 78.9 Å². The van der Waals surface area contributed by atoms with Crippen molar-refractivity contribution in [3.8, 4) is 6.07 Å². The van der Waals surface area contributed by atoms with Crippen molar-refractivity contribution in [2.45, 2.75) is 27.2 Å². The number of aryl methyl sites for hydroxylation is 3. The van der Waals surface area contributed by atoms with Gasteiger partial charge in [0.2, 0.25) is 5.52 Å².